The number of nitrogens with one attached hydrogen (secondary N) is 2. The van der Waals surface area contributed by atoms with Crippen LogP contribution in [0.4, 0.5) is 4.39 Å². The molecule has 0 unspecified atom stereocenters. The molecule has 1 aliphatic heterocycles. The Labute approximate surface area is 92.2 Å². The van der Waals surface area contributed by atoms with Crippen LogP contribution in [0, 0.1) is 5.82 Å². The topological polar surface area (TPSA) is 44.3 Å². The number of phenolic OH excluding ortho intramolecular Hbond substituents is 1. The third-order valence-electron chi connectivity index (χ3n) is 2.50. The average Bonchev–Trinajstić information content (AvgIpc) is 2.26. The Morgan fingerprint density at radius 2 is 2.20 bits per heavy atom. The lowest BCUT2D eigenvalue weighted by Crippen LogP contribution is -2.42. The quantitative estimate of drug-likeness (QED) is 0.684. The van der Waals surface area contributed by atoms with Gasteiger partial charge in [0.15, 0.2) is 11.6 Å². The van der Waals surface area contributed by atoms with Crippen LogP contribution in [0.25, 0.3) is 0 Å². The summed E-state index contributed by atoms with van der Waals surface area (Å²) in [5.74, 6) is -0.995. The van der Waals surface area contributed by atoms with Gasteiger partial charge in [-0.1, -0.05) is 11.6 Å². The second kappa shape index (κ2) is 4.35. The minimum atomic E-state index is -0.637. The van der Waals surface area contributed by atoms with E-state index in [9.17, 15) is 9.50 Å². The van der Waals surface area contributed by atoms with E-state index in [1.54, 1.807) is 0 Å². The molecule has 1 atom stereocenters. The molecule has 0 radical (unpaired) electrons. The Bertz CT molecular complexity index is 367. The minimum Gasteiger partial charge on any atom is -0.505 e. The fourth-order valence-corrected chi connectivity index (χ4v) is 2.03. The molecule has 1 aliphatic rings. The molecule has 0 amide bonds. The second-order valence-electron chi connectivity index (χ2n) is 3.50. The van der Waals surface area contributed by atoms with Gasteiger partial charge in [-0.25, -0.2) is 4.39 Å². The van der Waals surface area contributed by atoms with Crippen LogP contribution < -0.4 is 10.6 Å². The summed E-state index contributed by atoms with van der Waals surface area (Å²) in [4.78, 5) is 0. The molecular formula is C10H12ClFN2O. The molecule has 3 nitrogen and oxygen atoms in total. The first-order chi connectivity index (χ1) is 7.20. The van der Waals surface area contributed by atoms with Crippen molar-refractivity contribution in [3.63, 3.8) is 0 Å². The van der Waals surface area contributed by atoms with E-state index in [1.807, 2.05) is 0 Å². The molecule has 1 saturated heterocycles. The van der Waals surface area contributed by atoms with E-state index in [4.69, 9.17) is 11.6 Å². The maximum absolute atomic E-state index is 13.2. The first kappa shape index (κ1) is 10.7. The van der Waals surface area contributed by atoms with Crippen molar-refractivity contribution in [3.05, 3.63) is 28.5 Å². The lowest BCUT2D eigenvalue weighted by atomic mass is 10.0. The highest BCUT2D eigenvalue weighted by Crippen LogP contribution is 2.33. The molecule has 3 N–H and O–H groups in total. The van der Waals surface area contributed by atoms with Crippen LogP contribution in [0.3, 0.4) is 0 Å². The van der Waals surface area contributed by atoms with Crippen LogP contribution in [0.15, 0.2) is 12.1 Å². The van der Waals surface area contributed by atoms with Gasteiger partial charge in [0.2, 0.25) is 0 Å². The van der Waals surface area contributed by atoms with Crippen molar-refractivity contribution in [2.45, 2.75) is 6.04 Å². The van der Waals surface area contributed by atoms with Gasteiger partial charge in [0, 0.05) is 36.3 Å². The molecular weight excluding hydrogens is 219 g/mol. The molecule has 1 heterocycles. The van der Waals surface area contributed by atoms with Crippen molar-refractivity contribution in [1.29, 1.82) is 0 Å². The Kier molecular flexibility index (Phi) is 3.09. The zero-order chi connectivity index (χ0) is 10.8. The Balaban J connectivity index is 2.36. The first-order valence-electron chi connectivity index (χ1n) is 4.81. The van der Waals surface area contributed by atoms with E-state index >= 15 is 0 Å². The number of hydrogen-bond donors (Lipinski definition) is 3. The summed E-state index contributed by atoms with van der Waals surface area (Å²) in [5, 5.41) is 16.3. The second-order valence-corrected chi connectivity index (χ2v) is 3.91. The van der Waals surface area contributed by atoms with Crippen molar-refractivity contribution in [3.8, 4) is 5.75 Å². The molecule has 2 rings (SSSR count). The fourth-order valence-electron chi connectivity index (χ4n) is 1.75. The minimum absolute atomic E-state index is 0.137. The van der Waals surface area contributed by atoms with E-state index in [2.05, 4.69) is 10.6 Å². The molecule has 5 heteroatoms. The SMILES string of the molecule is Oc1c(F)ccc(Cl)c1[C@@H]1CNCCN1. The first-order valence-corrected chi connectivity index (χ1v) is 5.19. The highest BCUT2D eigenvalue weighted by molar-refractivity contribution is 6.31. The third kappa shape index (κ3) is 2.07. The molecule has 0 aromatic heterocycles. The standard InChI is InChI=1S/C10H12ClFN2O/c11-6-1-2-7(12)10(15)9(6)8-5-13-3-4-14-8/h1-2,8,13-15H,3-5H2/t8-/m0/s1. The normalized spacial score (nSPS) is 21.6. The Morgan fingerprint density at radius 1 is 1.40 bits per heavy atom. The smallest absolute Gasteiger partial charge is 0.165 e. The van der Waals surface area contributed by atoms with Gasteiger partial charge >= 0.3 is 0 Å². The van der Waals surface area contributed by atoms with Gasteiger partial charge in [-0.3, -0.25) is 0 Å². The van der Waals surface area contributed by atoms with Gasteiger partial charge in [-0.15, -0.1) is 0 Å². The van der Waals surface area contributed by atoms with E-state index in [0.717, 1.165) is 19.2 Å². The Hall–Kier alpha value is -0.840. The van der Waals surface area contributed by atoms with Crippen molar-refractivity contribution >= 4 is 11.6 Å². The fraction of sp³-hybridized carbons (Fsp3) is 0.400. The Morgan fingerprint density at radius 3 is 2.87 bits per heavy atom. The number of rotatable bonds is 1. The molecule has 1 fully saturated rings. The van der Waals surface area contributed by atoms with Crippen LogP contribution in [-0.4, -0.2) is 24.7 Å². The third-order valence-corrected chi connectivity index (χ3v) is 2.83. The molecule has 0 aliphatic carbocycles. The van der Waals surface area contributed by atoms with E-state index in [-0.39, 0.29) is 11.8 Å². The van der Waals surface area contributed by atoms with Crippen molar-refractivity contribution < 1.29 is 9.50 Å². The highest BCUT2D eigenvalue weighted by Gasteiger charge is 2.22. The lowest BCUT2D eigenvalue weighted by Gasteiger charge is -2.26. The van der Waals surface area contributed by atoms with E-state index < -0.39 is 5.82 Å². The lowest BCUT2D eigenvalue weighted by molar-refractivity contribution is 0.387. The monoisotopic (exact) mass is 230 g/mol. The molecule has 82 valence electrons. The molecule has 0 spiro atoms. The molecule has 0 bridgehead atoms. The van der Waals surface area contributed by atoms with Crippen molar-refractivity contribution in [2.24, 2.45) is 0 Å². The van der Waals surface area contributed by atoms with Gasteiger partial charge in [-0.05, 0) is 12.1 Å². The number of piperazine rings is 1. The predicted molar refractivity (Wildman–Crippen MR) is 56.7 cm³/mol. The summed E-state index contributed by atoms with van der Waals surface area (Å²) in [7, 11) is 0. The number of hydrogen-bond acceptors (Lipinski definition) is 3. The molecule has 1 aromatic rings. The van der Waals surface area contributed by atoms with E-state index in [1.165, 1.54) is 6.07 Å². The summed E-state index contributed by atoms with van der Waals surface area (Å²) in [6, 6.07) is 2.49. The molecule has 1 aromatic carbocycles. The van der Waals surface area contributed by atoms with Crippen LogP contribution in [0.1, 0.15) is 11.6 Å². The average molecular weight is 231 g/mol. The summed E-state index contributed by atoms with van der Waals surface area (Å²) in [6.07, 6.45) is 0. The maximum atomic E-state index is 13.2. The van der Waals surface area contributed by atoms with Crippen molar-refractivity contribution in [2.75, 3.05) is 19.6 Å². The molecule has 15 heavy (non-hydrogen) atoms. The van der Waals surface area contributed by atoms with Crippen LogP contribution in [0.5, 0.6) is 5.75 Å². The summed E-state index contributed by atoms with van der Waals surface area (Å²) in [6.45, 7) is 2.28. The van der Waals surface area contributed by atoms with Gasteiger partial charge in [-0.2, -0.15) is 0 Å². The number of aromatic hydroxyl groups is 1. The summed E-state index contributed by atoms with van der Waals surface area (Å²) in [5.41, 5.74) is 0.434. The zero-order valence-electron chi connectivity index (χ0n) is 8.06. The van der Waals surface area contributed by atoms with Crippen LogP contribution in [-0.2, 0) is 0 Å². The largest absolute Gasteiger partial charge is 0.505 e. The van der Waals surface area contributed by atoms with Gasteiger partial charge < -0.3 is 15.7 Å². The number of benzene rings is 1. The summed E-state index contributed by atoms with van der Waals surface area (Å²) < 4.78 is 13.2. The van der Waals surface area contributed by atoms with Gasteiger partial charge in [0.25, 0.3) is 0 Å². The zero-order valence-corrected chi connectivity index (χ0v) is 8.81. The summed E-state index contributed by atoms with van der Waals surface area (Å²) >= 11 is 5.94. The van der Waals surface area contributed by atoms with Crippen LogP contribution >= 0.6 is 11.6 Å². The number of halogens is 2. The molecule has 0 saturated carbocycles. The van der Waals surface area contributed by atoms with Crippen LogP contribution in [0.2, 0.25) is 5.02 Å². The highest BCUT2D eigenvalue weighted by atomic mass is 35.5. The van der Waals surface area contributed by atoms with E-state index in [0.29, 0.717) is 17.1 Å². The van der Waals surface area contributed by atoms with Crippen molar-refractivity contribution in [1.82, 2.24) is 10.6 Å². The maximum Gasteiger partial charge on any atom is 0.165 e. The van der Waals surface area contributed by atoms with Gasteiger partial charge in [0.1, 0.15) is 0 Å². The van der Waals surface area contributed by atoms with Gasteiger partial charge in [0.05, 0.1) is 0 Å². The predicted octanol–water partition coefficient (Wildman–Crippen LogP) is 1.42. The number of phenols is 1.